The Bertz CT molecular complexity index is 1530. The van der Waals surface area contributed by atoms with Crippen LogP contribution < -0.4 is 0 Å². The van der Waals surface area contributed by atoms with Crippen molar-refractivity contribution in [3.63, 3.8) is 0 Å². The quantitative estimate of drug-likeness (QED) is 0.269. The Morgan fingerprint density at radius 3 is 2.06 bits per heavy atom. The summed E-state index contributed by atoms with van der Waals surface area (Å²) >= 11 is 0. The van der Waals surface area contributed by atoms with Crippen molar-refractivity contribution >= 4 is 32.3 Å². The SMILES string of the molecule is Cc1cccc(-c2c3ccccc3c(-c3cccc4ccccc34)c3ccncc23)c1. The van der Waals surface area contributed by atoms with Gasteiger partial charge in [0.15, 0.2) is 0 Å². The first-order chi connectivity index (χ1) is 15.3. The molecule has 146 valence electrons. The highest BCUT2D eigenvalue weighted by Crippen LogP contribution is 2.44. The average Bonchev–Trinajstić information content (AvgIpc) is 2.82. The Kier molecular flexibility index (Phi) is 4.07. The summed E-state index contributed by atoms with van der Waals surface area (Å²) in [7, 11) is 0. The van der Waals surface area contributed by atoms with Crippen molar-refractivity contribution in [1.82, 2.24) is 4.98 Å². The van der Waals surface area contributed by atoms with E-state index < -0.39 is 0 Å². The molecule has 0 amide bonds. The van der Waals surface area contributed by atoms with Gasteiger partial charge in [0.25, 0.3) is 0 Å². The number of rotatable bonds is 2. The number of fused-ring (bicyclic) bond motifs is 3. The lowest BCUT2D eigenvalue weighted by atomic mass is 9.85. The number of pyridine rings is 1. The summed E-state index contributed by atoms with van der Waals surface area (Å²) in [6.07, 6.45) is 3.93. The molecule has 0 spiro atoms. The minimum absolute atomic E-state index is 1.19. The Morgan fingerprint density at radius 1 is 0.548 bits per heavy atom. The van der Waals surface area contributed by atoms with Gasteiger partial charge in [-0.25, -0.2) is 0 Å². The molecule has 6 rings (SSSR count). The topological polar surface area (TPSA) is 12.9 Å². The zero-order chi connectivity index (χ0) is 20.8. The first kappa shape index (κ1) is 17.9. The van der Waals surface area contributed by atoms with E-state index in [9.17, 15) is 0 Å². The first-order valence-electron chi connectivity index (χ1n) is 10.6. The third kappa shape index (κ3) is 2.82. The van der Waals surface area contributed by atoms with Crippen molar-refractivity contribution in [1.29, 1.82) is 0 Å². The molecule has 5 aromatic carbocycles. The van der Waals surface area contributed by atoms with Crippen LogP contribution in [0.1, 0.15) is 5.56 Å². The molecular weight excluding hydrogens is 374 g/mol. The molecular formula is C30H21N. The molecule has 1 heterocycles. The summed E-state index contributed by atoms with van der Waals surface area (Å²) in [6.45, 7) is 2.15. The van der Waals surface area contributed by atoms with E-state index in [1.807, 2.05) is 12.4 Å². The summed E-state index contributed by atoms with van der Waals surface area (Å²) in [5.74, 6) is 0. The van der Waals surface area contributed by atoms with Gasteiger partial charge in [-0.2, -0.15) is 0 Å². The van der Waals surface area contributed by atoms with Gasteiger partial charge in [0.2, 0.25) is 0 Å². The molecule has 0 aliphatic heterocycles. The zero-order valence-corrected chi connectivity index (χ0v) is 17.3. The van der Waals surface area contributed by atoms with Crippen LogP contribution in [-0.2, 0) is 0 Å². The van der Waals surface area contributed by atoms with E-state index >= 15 is 0 Å². The normalized spacial score (nSPS) is 11.4. The molecule has 0 bridgehead atoms. The van der Waals surface area contributed by atoms with Crippen LogP contribution >= 0.6 is 0 Å². The van der Waals surface area contributed by atoms with E-state index in [-0.39, 0.29) is 0 Å². The van der Waals surface area contributed by atoms with Gasteiger partial charge in [-0.3, -0.25) is 4.98 Å². The van der Waals surface area contributed by atoms with Gasteiger partial charge in [-0.1, -0.05) is 96.6 Å². The molecule has 0 aliphatic carbocycles. The van der Waals surface area contributed by atoms with Crippen LogP contribution in [0, 0.1) is 6.92 Å². The third-order valence-corrected chi connectivity index (χ3v) is 6.19. The fourth-order valence-corrected chi connectivity index (χ4v) is 4.87. The number of aromatic nitrogens is 1. The molecule has 0 aliphatic rings. The van der Waals surface area contributed by atoms with E-state index in [1.54, 1.807) is 0 Å². The molecule has 0 N–H and O–H groups in total. The van der Waals surface area contributed by atoms with E-state index in [1.165, 1.54) is 60.1 Å². The highest BCUT2D eigenvalue weighted by Gasteiger charge is 2.17. The highest BCUT2D eigenvalue weighted by atomic mass is 14.6. The van der Waals surface area contributed by atoms with Crippen LogP contribution in [0.3, 0.4) is 0 Å². The van der Waals surface area contributed by atoms with Crippen molar-refractivity contribution in [3.8, 4) is 22.3 Å². The smallest absolute Gasteiger partial charge is 0.0353 e. The van der Waals surface area contributed by atoms with Crippen molar-refractivity contribution < 1.29 is 0 Å². The van der Waals surface area contributed by atoms with Gasteiger partial charge in [0, 0.05) is 17.8 Å². The Morgan fingerprint density at radius 2 is 1.23 bits per heavy atom. The maximum absolute atomic E-state index is 4.53. The second kappa shape index (κ2) is 7.07. The van der Waals surface area contributed by atoms with Crippen LogP contribution in [0.4, 0.5) is 0 Å². The maximum Gasteiger partial charge on any atom is 0.0353 e. The minimum Gasteiger partial charge on any atom is -0.264 e. The van der Waals surface area contributed by atoms with E-state index in [0.717, 1.165) is 0 Å². The molecule has 31 heavy (non-hydrogen) atoms. The highest BCUT2D eigenvalue weighted by molar-refractivity contribution is 6.23. The van der Waals surface area contributed by atoms with Gasteiger partial charge in [-0.15, -0.1) is 0 Å². The van der Waals surface area contributed by atoms with Gasteiger partial charge in [-0.05, 0) is 62.2 Å². The fourth-order valence-electron chi connectivity index (χ4n) is 4.87. The molecule has 0 fully saturated rings. The van der Waals surface area contributed by atoms with E-state index in [4.69, 9.17) is 0 Å². The number of aryl methyl sites for hydroxylation is 1. The Labute approximate surface area is 181 Å². The second-order valence-corrected chi connectivity index (χ2v) is 8.11. The zero-order valence-electron chi connectivity index (χ0n) is 17.3. The van der Waals surface area contributed by atoms with Crippen LogP contribution in [0.25, 0.3) is 54.6 Å². The van der Waals surface area contributed by atoms with Crippen molar-refractivity contribution in [2.24, 2.45) is 0 Å². The molecule has 1 aromatic heterocycles. The predicted octanol–water partition coefficient (Wildman–Crippen LogP) is 8.18. The van der Waals surface area contributed by atoms with Gasteiger partial charge < -0.3 is 0 Å². The van der Waals surface area contributed by atoms with Crippen LogP contribution in [-0.4, -0.2) is 4.98 Å². The lowest BCUT2D eigenvalue weighted by molar-refractivity contribution is 1.37. The monoisotopic (exact) mass is 395 g/mol. The molecule has 0 saturated carbocycles. The summed E-state index contributed by atoms with van der Waals surface area (Å²) in [6, 6.07) is 34.9. The number of nitrogens with zero attached hydrogens (tertiary/aromatic N) is 1. The Hall–Kier alpha value is -3.97. The molecule has 1 heteroatoms. The van der Waals surface area contributed by atoms with Crippen LogP contribution in [0.5, 0.6) is 0 Å². The second-order valence-electron chi connectivity index (χ2n) is 8.11. The maximum atomic E-state index is 4.53. The number of hydrogen-bond donors (Lipinski definition) is 0. The minimum atomic E-state index is 1.19. The van der Waals surface area contributed by atoms with Crippen molar-refractivity contribution in [2.75, 3.05) is 0 Å². The predicted molar refractivity (Wildman–Crippen MR) is 132 cm³/mol. The summed E-state index contributed by atoms with van der Waals surface area (Å²) in [4.78, 5) is 4.53. The average molecular weight is 396 g/mol. The lowest BCUT2D eigenvalue weighted by Gasteiger charge is -2.18. The Balaban J connectivity index is 1.84. The molecule has 1 nitrogen and oxygen atoms in total. The van der Waals surface area contributed by atoms with Gasteiger partial charge in [0.05, 0.1) is 0 Å². The summed E-state index contributed by atoms with van der Waals surface area (Å²) in [5, 5.41) is 7.49. The van der Waals surface area contributed by atoms with Crippen molar-refractivity contribution in [2.45, 2.75) is 6.92 Å². The number of benzene rings is 5. The van der Waals surface area contributed by atoms with Crippen LogP contribution in [0.2, 0.25) is 0 Å². The lowest BCUT2D eigenvalue weighted by Crippen LogP contribution is -1.92. The first-order valence-corrected chi connectivity index (χ1v) is 10.6. The largest absolute Gasteiger partial charge is 0.264 e. The summed E-state index contributed by atoms with van der Waals surface area (Å²) < 4.78 is 0. The van der Waals surface area contributed by atoms with Gasteiger partial charge >= 0.3 is 0 Å². The van der Waals surface area contributed by atoms with Crippen LogP contribution in [0.15, 0.2) is 109 Å². The summed E-state index contributed by atoms with van der Waals surface area (Å²) in [5.41, 5.74) is 6.30. The molecule has 0 radical (unpaired) electrons. The third-order valence-electron chi connectivity index (χ3n) is 6.19. The van der Waals surface area contributed by atoms with Gasteiger partial charge in [0.1, 0.15) is 0 Å². The molecule has 0 saturated heterocycles. The number of hydrogen-bond acceptors (Lipinski definition) is 1. The molecule has 0 atom stereocenters. The molecule has 0 unspecified atom stereocenters. The van der Waals surface area contributed by atoms with E-state index in [0.29, 0.717) is 0 Å². The standard InChI is InChI=1S/C30H21N/c1-20-8-6-11-22(18-20)29-25-13-4-5-14-26(25)30(27-16-17-31-19-28(27)29)24-15-7-10-21-9-2-3-12-23(21)24/h2-19H,1H3. The van der Waals surface area contributed by atoms with Crippen molar-refractivity contribution in [3.05, 3.63) is 115 Å². The molecule has 6 aromatic rings. The van der Waals surface area contributed by atoms with E-state index in [2.05, 4.69) is 109 Å². The fraction of sp³-hybridized carbons (Fsp3) is 0.0333.